The van der Waals surface area contributed by atoms with Crippen LogP contribution in [0.3, 0.4) is 0 Å². The van der Waals surface area contributed by atoms with Crippen molar-refractivity contribution in [1.29, 1.82) is 0 Å². The number of amides is 1. The second kappa shape index (κ2) is 46.3. The van der Waals surface area contributed by atoms with Gasteiger partial charge in [0.2, 0.25) is 5.91 Å². The largest absolute Gasteiger partial charge is 0.394 e. The Kier molecular flexibility index (Phi) is 45.1. The van der Waals surface area contributed by atoms with Gasteiger partial charge in [0, 0.05) is 0 Å². The molecule has 5 heteroatoms. The predicted octanol–water partition coefficient (Wildman–Crippen LogP) is 14.7. The average molecular weight is 788 g/mol. The van der Waals surface area contributed by atoms with Crippen LogP contribution in [0, 0.1) is 0 Å². The van der Waals surface area contributed by atoms with Gasteiger partial charge in [-0.05, 0) is 57.8 Å². The molecular weight excluding hydrogens is 691 g/mol. The Balaban J connectivity index is 3.67. The van der Waals surface area contributed by atoms with E-state index in [0.29, 0.717) is 6.42 Å². The molecule has 3 atom stereocenters. The normalized spacial score (nSPS) is 13.7. The maximum Gasteiger partial charge on any atom is 0.222 e. The molecule has 0 spiro atoms. The van der Waals surface area contributed by atoms with Crippen molar-refractivity contribution in [3.8, 4) is 0 Å². The SMILES string of the molecule is CCCCCCCCCCCC/C=C\CCCCCCCC(O)CC(=O)NC(CO)C(O)/C=C/CC/C=C/CCCCCCCCCCCCCCCCCC. The molecule has 5 nitrogen and oxygen atoms in total. The second-order valence-corrected chi connectivity index (χ2v) is 17.1. The third kappa shape index (κ3) is 42.2. The van der Waals surface area contributed by atoms with Crippen LogP contribution in [0.5, 0.6) is 0 Å². The molecule has 0 aromatic carbocycles. The summed E-state index contributed by atoms with van der Waals surface area (Å²) in [5.74, 6) is -0.328. The summed E-state index contributed by atoms with van der Waals surface area (Å²) in [6.07, 6.45) is 58.8. The van der Waals surface area contributed by atoms with Crippen molar-refractivity contribution in [2.75, 3.05) is 6.61 Å². The predicted molar refractivity (Wildman–Crippen MR) is 245 cm³/mol. The van der Waals surface area contributed by atoms with Crippen molar-refractivity contribution >= 4 is 5.91 Å². The van der Waals surface area contributed by atoms with Gasteiger partial charge in [-0.1, -0.05) is 230 Å². The molecule has 0 saturated heterocycles. The van der Waals surface area contributed by atoms with E-state index in [0.717, 1.165) is 44.9 Å². The fourth-order valence-corrected chi connectivity index (χ4v) is 7.59. The first-order chi connectivity index (χ1) is 27.5. The van der Waals surface area contributed by atoms with E-state index in [1.165, 1.54) is 186 Å². The third-order valence-corrected chi connectivity index (χ3v) is 11.4. The number of nitrogens with one attached hydrogen (secondary N) is 1. The minimum absolute atomic E-state index is 0.000964. The van der Waals surface area contributed by atoms with Crippen LogP contribution in [-0.4, -0.2) is 46.1 Å². The molecular formula is C51H97NO4. The molecule has 0 saturated carbocycles. The number of rotatable bonds is 45. The summed E-state index contributed by atoms with van der Waals surface area (Å²) in [5, 5.41) is 33.3. The van der Waals surface area contributed by atoms with E-state index < -0.39 is 18.2 Å². The van der Waals surface area contributed by atoms with Gasteiger partial charge in [-0.25, -0.2) is 0 Å². The fraction of sp³-hybridized carbons (Fsp3) is 0.863. The highest BCUT2D eigenvalue weighted by Crippen LogP contribution is 2.16. The standard InChI is InChI=1S/C51H97NO4/c1-3-5-7-9-11-13-15-17-19-21-23-24-25-27-29-31-33-35-37-39-41-43-45-50(55)49(47-53)52-51(56)46-48(54)44-42-40-38-36-34-32-30-28-26-22-20-18-16-14-12-10-8-6-4-2/h28,30,35,37,43,45,48-50,53-55H,3-27,29,31-34,36,38-42,44,46-47H2,1-2H3,(H,52,56)/b30-28-,37-35+,45-43+. The van der Waals surface area contributed by atoms with Crippen LogP contribution in [-0.2, 0) is 4.79 Å². The van der Waals surface area contributed by atoms with Crippen LogP contribution in [0.1, 0.15) is 258 Å². The van der Waals surface area contributed by atoms with Gasteiger partial charge < -0.3 is 20.6 Å². The van der Waals surface area contributed by atoms with Crippen LogP contribution < -0.4 is 5.32 Å². The van der Waals surface area contributed by atoms with E-state index in [2.05, 4.69) is 43.5 Å². The summed E-state index contributed by atoms with van der Waals surface area (Å²) < 4.78 is 0. The lowest BCUT2D eigenvalue weighted by Gasteiger charge is -2.20. The fourth-order valence-electron chi connectivity index (χ4n) is 7.59. The van der Waals surface area contributed by atoms with Crippen LogP contribution in [0.4, 0.5) is 0 Å². The molecule has 0 aliphatic heterocycles. The topological polar surface area (TPSA) is 89.8 Å². The quantitative estimate of drug-likeness (QED) is 0.0365. The van der Waals surface area contributed by atoms with Gasteiger partial charge >= 0.3 is 0 Å². The van der Waals surface area contributed by atoms with Gasteiger partial charge in [0.25, 0.3) is 0 Å². The van der Waals surface area contributed by atoms with Crippen molar-refractivity contribution in [3.63, 3.8) is 0 Å². The molecule has 0 heterocycles. The maximum atomic E-state index is 12.5. The van der Waals surface area contributed by atoms with Crippen LogP contribution in [0.15, 0.2) is 36.5 Å². The van der Waals surface area contributed by atoms with Crippen LogP contribution in [0.2, 0.25) is 0 Å². The highest BCUT2D eigenvalue weighted by molar-refractivity contribution is 5.76. The molecule has 0 aromatic heterocycles. The Morgan fingerprint density at radius 3 is 1.14 bits per heavy atom. The van der Waals surface area contributed by atoms with Crippen molar-refractivity contribution in [2.45, 2.75) is 276 Å². The summed E-state index contributed by atoms with van der Waals surface area (Å²) in [4.78, 5) is 12.5. The van der Waals surface area contributed by atoms with E-state index in [-0.39, 0.29) is 18.9 Å². The minimum atomic E-state index is -0.954. The first kappa shape index (κ1) is 54.6. The molecule has 0 radical (unpaired) electrons. The number of aliphatic hydroxyl groups excluding tert-OH is 3. The Morgan fingerprint density at radius 1 is 0.446 bits per heavy atom. The van der Waals surface area contributed by atoms with Crippen molar-refractivity contribution in [1.82, 2.24) is 5.32 Å². The first-order valence-electron chi connectivity index (χ1n) is 24.8. The van der Waals surface area contributed by atoms with Crippen LogP contribution >= 0.6 is 0 Å². The van der Waals surface area contributed by atoms with Crippen molar-refractivity contribution in [2.24, 2.45) is 0 Å². The van der Waals surface area contributed by atoms with E-state index in [1.807, 2.05) is 6.08 Å². The maximum absolute atomic E-state index is 12.5. The molecule has 0 rings (SSSR count). The molecule has 3 unspecified atom stereocenters. The molecule has 0 aromatic rings. The molecule has 0 fully saturated rings. The molecule has 1 amide bonds. The molecule has 4 N–H and O–H groups in total. The zero-order valence-electron chi connectivity index (χ0n) is 37.5. The van der Waals surface area contributed by atoms with Gasteiger partial charge in [0.1, 0.15) is 0 Å². The summed E-state index contributed by atoms with van der Waals surface area (Å²) in [6.45, 7) is 4.22. The Bertz CT molecular complexity index is 870. The number of carbonyl (C=O) groups is 1. The average Bonchev–Trinajstić information content (AvgIpc) is 3.19. The first-order valence-corrected chi connectivity index (χ1v) is 24.8. The number of carbonyl (C=O) groups excluding carboxylic acids is 1. The summed E-state index contributed by atoms with van der Waals surface area (Å²) in [6, 6.07) is -0.764. The Labute approximate surface area is 349 Å². The molecule has 0 bridgehead atoms. The lowest BCUT2D eigenvalue weighted by molar-refractivity contribution is -0.124. The zero-order valence-corrected chi connectivity index (χ0v) is 37.5. The highest BCUT2D eigenvalue weighted by Gasteiger charge is 2.20. The Morgan fingerprint density at radius 2 is 0.768 bits per heavy atom. The molecule has 0 aliphatic carbocycles. The van der Waals surface area contributed by atoms with Gasteiger partial charge in [0.15, 0.2) is 0 Å². The van der Waals surface area contributed by atoms with Crippen molar-refractivity contribution < 1.29 is 20.1 Å². The number of aliphatic hydroxyl groups is 3. The lowest BCUT2D eigenvalue weighted by Crippen LogP contribution is -2.45. The number of unbranched alkanes of at least 4 members (excludes halogenated alkanes) is 32. The highest BCUT2D eigenvalue weighted by atomic mass is 16.3. The van der Waals surface area contributed by atoms with Gasteiger partial charge in [-0.2, -0.15) is 0 Å². The zero-order chi connectivity index (χ0) is 40.8. The molecule has 56 heavy (non-hydrogen) atoms. The number of allylic oxidation sites excluding steroid dienone is 5. The van der Waals surface area contributed by atoms with E-state index >= 15 is 0 Å². The smallest absolute Gasteiger partial charge is 0.222 e. The van der Waals surface area contributed by atoms with E-state index in [1.54, 1.807) is 6.08 Å². The summed E-state index contributed by atoms with van der Waals surface area (Å²) in [5.41, 5.74) is 0. The number of hydrogen-bond acceptors (Lipinski definition) is 4. The minimum Gasteiger partial charge on any atom is -0.394 e. The van der Waals surface area contributed by atoms with Crippen LogP contribution in [0.25, 0.3) is 0 Å². The number of hydrogen-bond donors (Lipinski definition) is 4. The third-order valence-electron chi connectivity index (χ3n) is 11.4. The molecule has 330 valence electrons. The molecule has 0 aliphatic rings. The van der Waals surface area contributed by atoms with Gasteiger partial charge in [0.05, 0.1) is 31.3 Å². The van der Waals surface area contributed by atoms with Gasteiger partial charge in [-0.15, -0.1) is 0 Å². The van der Waals surface area contributed by atoms with E-state index in [9.17, 15) is 20.1 Å². The monoisotopic (exact) mass is 788 g/mol. The van der Waals surface area contributed by atoms with E-state index in [4.69, 9.17) is 0 Å². The second-order valence-electron chi connectivity index (χ2n) is 17.1. The summed E-state index contributed by atoms with van der Waals surface area (Å²) in [7, 11) is 0. The van der Waals surface area contributed by atoms with Crippen molar-refractivity contribution in [3.05, 3.63) is 36.5 Å². The summed E-state index contributed by atoms with van der Waals surface area (Å²) >= 11 is 0. The lowest BCUT2D eigenvalue weighted by atomic mass is 10.0. The Hall–Kier alpha value is -1.43. The van der Waals surface area contributed by atoms with Gasteiger partial charge in [-0.3, -0.25) is 4.79 Å².